The van der Waals surface area contributed by atoms with Gasteiger partial charge in [0, 0.05) is 31.4 Å². The number of nitrogens with zero attached hydrogens (tertiary/aromatic N) is 9. The molecule has 1 aromatic carbocycles. The van der Waals surface area contributed by atoms with E-state index in [0.29, 0.717) is 23.4 Å². The summed E-state index contributed by atoms with van der Waals surface area (Å²) in [4.78, 5) is 6.52. The van der Waals surface area contributed by atoms with Crippen LogP contribution >= 0.6 is 0 Å². The summed E-state index contributed by atoms with van der Waals surface area (Å²) in [5.41, 5.74) is 7.49. The molecule has 0 saturated carbocycles. The molecular formula is C20H20F2N10O. The first kappa shape index (κ1) is 21.0. The number of nitrogen functional groups attached to an aromatic ring is 1. The van der Waals surface area contributed by atoms with Gasteiger partial charge < -0.3 is 10.5 Å². The summed E-state index contributed by atoms with van der Waals surface area (Å²) in [6.07, 6.45) is 3.37. The molecule has 3 aromatic heterocycles. The van der Waals surface area contributed by atoms with E-state index in [-0.39, 0.29) is 17.3 Å². The number of anilines is 1. The van der Waals surface area contributed by atoms with Crippen LogP contribution in [0.25, 0.3) is 28.3 Å². The minimum absolute atomic E-state index is 0.117. The van der Waals surface area contributed by atoms with Gasteiger partial charge in [0.25, 0.3) is 0 Å². The van der Waals surface area contributed by atoms with Gasteiger partial charge >= 0.3 is 0 Å². The maximum Gasteiger partial charge on any atom is 0.190 e. The lowest BCUT2D eigenvalue weighted by atomic mass is 10.1. The van der Waals surface area contributed by atoms with Gasteiger partial charge in [0.15, 0.2) is 17.5 Å². The lowest BCUT2D eigenvalue weighted by molar-refractivity contribution is 0.0359. The minimum atomic E-state index is -1.07. The van der Waals surface area contributed by atoms with Crippen molar-refractivity contribution in [1.29, 1.82) is 0 Å². The molecule has 11 nitrogen and oxygen atoms in total. The second-order valence-corrected chi connectivity index (χ2v) is 7.46. The topological polar surface area (TPSA) is 126 Å². The van der Waals surface area contributed by atoms with Crippen LogP contribution in [-0.2, 0) is 11.3 Å². The lowest BCUT2D eigenvalue weighted by Gasteiger charge is -2.26. The summed E-state index contributed by atoms with van der Waals surface area (Å²) in [5.74, 6) is -1.84. The molecule has 2 N–H and O–H groups in total. The fourth-order valence-electron chi connectivity index (χ4n) is 3.58. The molecule has 1 aliphatic rings. The van der Waals surface area contributed by atoms with Crippen molar-refractivity contribution < 1.29 is 13.5 Å². The molecule has 1 saturated heterocycles. The first-order valence-corrected chi connectivity index (χ1v) is 10.3. The number of nitrogens with two attached hydrogens (primary N) is 1. The summed E-state index contributed by atoms with van der Waals surface area (Å²) in [7, 11) is 0. The largest absolute Gasteiger partial charge is 0.383 e. The molecule has 0 amide bonds. The monoisotopic (exact) mass is 454 g/mol. The Morgan fingerprint density at radius 1 is 1.06 bits per heavy atom. The molecule has 4 aromatic rings. The quantitative estimate of drug-likeness (QED) is 0.457. The van der Waals surface area contributed by atoms with E-state index in [0.717, 1.165) is 43.6 Å². The highest BCUT2D eigenvalue weighted by Gasteiger charge is 2.20. The molecule has 0 spiro atoms. The number of morpholine rings is 1. The fraction of sp³-hybridized carbons (Fsp3) is 0.300. The molecule has 33 heavy (non-hydrogen) atoms. The van der Waals surface area contributed by atoms with Crippen molar-refractivity contribution >= 4 is 5.82 Å². The number of halogens is 2. The van der Waals surface area contributed by atoms with Gasteiger partial charge in [-0.05, 0) is 28.6 Å². The Labute approximate surface area is 186 Å². The van der Waals surface area contributed by atoms with Crippen LogP contribution in [0.3, 0.4) is 0 Å². The summed E-state index contributed by atoms with van der Waals surface area (Å²) in [6, 6.07) is 5.44. The highest BCUT2D eigenvalue weighted by atomic mass is 19.2. The molecule has 0 bridgehead atoms. The van der Waals surface area contributed by atoms with Crippen molar-refractivity contribution in [2.24, 2.45) is 0 Å². The van der Waals surface area contributed by atoms with Crippen LogP contribution < -0.4 is 5.73 Å². The van der Waals surface area contributed by atoms with Gasteiger partial charge in [-0.2, -0.15) is 4.68 Å². The molecule has 13 heteroatoms. The van der Waals surface area contributed by atoms with Gasteiger partial charge in [-0.25, -0.2) is 13.8 Å². The van der Waals surface area contributed by atoms with Crippen LogP contribution in [0.5, 0.6) is 0 Å². The number of tetrazole rings is 1. The molecule has 170 valence electrons. The van der Waals surface area contributed by atoms with Crippen LogP contribution in [0.15, 0.2) is 36.7 Å². The van der Waals surface area contributed by atoms with Crippen molar-refractivity contribution in [3.63, 3.8) is 0 Å². The predicted octanol–water partition coefficient (Wildman–Crippen LogP) is 1.18. The number of hydrogen-bond acceptors (Lipinski definition) is 9. The Morgan fingerprint density at radius 3 is 2.76 bits per heavy atom. The third kappa shape index (κ3) is 4.27. The van der Waals surface area contributed by atoms with Crippen LogP contribution in [0.1, 0.15) is 0 Å². The Kier molecular flexibility index (Phi) is 5.71. The molecule has 1 aliphatic heterocycles. The maximum atomic E-state index is 14.3. The zero-order valence-electron chi connectivity index (χ0n) is 17.5. The van der Waals surface area contributed by atoms with Crippen molar-refractivity contribution in [3.05, 3.63) is 48.3 Å². The summed E-state index contributed by atoms with van der Waals surface area (Å²) in [6.45, 7) is 4.79. The second-order valence-electron chi connectivity index (χ2n) is 7.46. The Bertz CT molecular complexity index is 1270. The number of ether oxygens (including phenoxy) is 1. The van der Waals surface area contributed by atoms with Gasteiger partial charge in [0.2, 0.25) is 0 Å². The average molecular weight is 454 g/mol. The van der Waals surface area contributed by atoms with E-state index >= 15 is 0 Å². The summed E-state index contributed by atoms with van der Waals surface area (Å²) < 4.78 is 36.3. The predicted molar refractivity (Wildman–Crippen MR) is 113 cm³/mol. The van der Waals surface area contributed by atoms with E-state index in [1.165, 1.54) is 12.1 Å². The van der Waals surface area contributed by atoms with E-state index in [1.807, 2.05) is 6.20 Å². The van der Waals surface area contributed by atoms with E-state index < -0.39 is 11.6 Å². The maximum absolute atomic E-state index is 14.3. The Hall–Kier alpha value is -3.84. The fourth-order valence-corrected chi connectivity index (χ4v) is 3.58. The first-order chi connectivity index (χ1) is 16.1. The van der Waals surface area contributed by atoms with Crippen LogP contribution in [-0.4, -0.2) is 77.9 Å². The van der Waals surface area contributed by atoms with Gasteiger partial charge in [-0.1, -0.05) is 11.3 Å². The van der Waals surface area contributed by atoms with E-state index in [9.17, 15) is 8.78 Å². The molecule has 0 aliphatic carbocycles. The first-order valence-electron chi connectivity index (χ1n) is 10.3. The normalized spacial score (nSPS) is 14.6. The van der Waals surface area contributed by atoms with Gasteiger partial charge in [-0.15, -0.1) is 10.2 Å². The van der Waals surface area contributed by atoms with Crippen molar-refractivity contribution in [3.8, 4) is 28.3 Å². The third-order valence-electron chi connectivity index (χ3n) is 5.37. The van der Waals surface area contributed by atoms with Gasteiger partial charge in [0.05, 0.1) is 31.5 Å². The molecule has 0 unspecified atom stereocenters. The Balaban J connectivity index is 1.42. The van der Waals surface area contributed by atoms with Crippen molar-refractivity contribution in [2.75, 3.05) is 38.6 Å². The number of pyridine rings is 1. The van der Waals surface area contributed by atoms with Crippen molar-refractivity contribution in [2.45, 2.75) is 6.54 Å². The SMILES string of the molecule is Nc1ncc(-c2cn(CCN3CCOCC3)nn2)cc1-c1nnnn1-c1cccc(F)c1F. The molecule has 5 rings (SSSR count). The molecule has 0 atom stereocenters. The molecule has 4 heterocycles. The van der Waals surface area contributed by atoms with Crippen LogP contribution in [0, 0.1) is 11.6 Å². The van der Waals surface area contributed by atoms with Crippen LogP contribution in [0.2, 0.25) is 0 Å². The van der Waals surface area contributed by atoms with E-state index in [4.69, 9.17) is 10.5 Å². The highest BCUT2D eigenvalue weighted by Crippen LogP contribution is 2.29. The zero-order chi connectivity index (χ0) is 22.8. The number of hydrogen-bond donors (Lipinski definition) is 1. The third-order valence-corrected chi connectivity index (χ3v) is 5.37. The smallest absolute Gasteiger partial charge is 0.190 e. The Morgan fingerprint density at radius 2 is 1.91 bits per heavy atom. The number of rotatable bonds is 6. The highest BCUT2D eigenvalue weighted by molar-refractivity contribution is 5.75. The van der Waals surface area contributed by atoms with E-state index in [2.05, 4.69) is 35.7 Å². The lowest BCUT2D eigenvalue weighted by Crippen LogP contribution is -2.38. The van der Waals surface area contributed by atoms with Gasteiger partial charge in [0.1, 0.15) is 17.2 Å². The molecular weight excluding hydrogens is 434 g/mol. The minimum Gasteiger partial charge on any atom is -0.383 e. The molecule has 1 fully saturated rings. The zero-order valence-corrected chi connectivity index (χ0v) is 17.5. The summed E-state index contributed by atoms with van der Waals surface area (Å²) >= 11 is 0. The second kappa shape index (κ2) is 8.96. The van der Waals surface area contributed by atoms with Crippen LogP contribution in [0.4, 0.5) is 14.6 Å². The van der Waals surface area contributed by atoms with Crippen molar-refractivity contribution in [1.82, 2.24) is 45.1 Å². The number of aromatic nitrogens is 8. The van der Waals surface area contributed by atoms with Gasteiger partial charge in [-0.3, -0.25) is 9.58 Å². The average Bonchev–Trinajstić information content (AvgIpc) is 3.51. The molecule has 0 radical (unpaired) electrons. The standard InChI is InChI=1S/C20H20F2N10O/c21-15-2-1-3-17(18(15)22)32-20(26-27-29-32)14-10-13(11-24-19(14)23)16-12-31(28-25-16)5-4-30-6-8-33-9-7-30/h1-3,10-12H,4-9H2,(H2,23,24). The number of benzene rings is 1. The summed E-state index contributed by atoms with van der Waals surface area (Å²) in [5, 5.41) is 19.8. The van der Waals surface area contributed by atoms with E-state index in [1.54, 1.807) is 16.9 Å².